The molecule has 184 valence electrons. The molecule has 2 fully saturated rings. The molecule has 0 spiro atoms. The van der Waals surface area contributed by atoms with E-state index in [4.69, 9.17) is 0 Å². The van der Waals surface area contributed by atoms with Gasteiger partial charge < -0.3 is 0 Å². The predicted molar refractivity (Wildman–Crippen MR) is 150 cm³/mol. The van der Waals surface area contributed by atoms with Crippen LogP contribution < -0.4 is 10.6 Å². The van der Waals surface area contributed by atoms with Crippen molar-refractivity contribution in [2.45, 2.75) is 115 Å². The van der Waals surface area contributed by atoms with Gasteiger partial charge in [0, 0.05) is 17.1 Å². The van der Waals surface area contributed by atoms with Crippen LogP contribution >= 0.6 is 15.8 Å². The van der Waals surface area contributed by atoms with Crippen molar-refractivity contribution >= 4 is 26.5 Å². The molecule has 0 nitrogen and oxygen atoms in total. The van der Waals surface area contributed by atoms with Gasteiger partial charge in [0.1, 0.15) is 0 Å². The third kappa shape index (κ3) is 8.46. The van der Waals surface area contributed by atoms with Crippen LogP contribution in [0.2, 0.25) is 0 Å². The smallest absolute Gasteiger partial charge is 0 e. The van der Waals surface area contributed by atoms with Crippen molar-refractivity contribution in [2.24, 2.45) is 0 Å². The molecular formula is C30H46FeP2. The van der Waals surface area contributed by atoms with Gasteiger partial charge in [0.25, 0.3) is 0 Å². The molecule has 0 radical (unpaired) electrons. The van der Waals surface area contributed by atoms with Gasteiger partial charge in [-0.2, -0.15) is 0 Å². The summed E-state index contributed by atoms with van der Waals surface area (Å²) in [6.07, 6.45) is 11.6. The van der Waals surface area contributed by atoms with E-state index in [-0.39, 0.29) is 32.9 Å². The maximum Gasteiger partial charge on any atom is 0 e. The van der Waals surface area contributed by atoms with Crippen molar-refractivity contribution in [1.82, 2.24) is 0 Å². The zero-order chi connectivity index (χ0) is 23.2. The van der Waals surface area contributed by atoms with Crippen molar-refractivity contribution in [3.63, 3.8) is 0 Å². The van der Waals surface area contributed by atoms with E-state index in [0.29, 0.717) is 10.3 Å². The molecule has 2 saturated carbocycles. The summed E-state index contributed by atoms with van der Waals surface area (Å²) in [5.74, 6) is 0. The van der Waals surface area contributed by atoms with E-state index < -0.39 is 0 Å². The number of benzene rings is 2. The Balaban J connectivity index is 0.000000235. The molecule has 0 saturated heterocycles. The third-order valence-electron chi connectivity index (χ3n) is 6.89. The molecule has 0 N–H and O–H groups in total. The minimum absolute atomic E-state index is 0. The topological polar surface area (TPSA) is 0 Å². The van der Waals surface area contributed by atoms with Gasteiger partial charge in [0.2, 0.25) is 0 Å². The second-order valence-electron chi connectivity index (χ2n) is 11.6. The third-order valence-corrected chi connectivity index (χ3v) is 14.0. The fourth-order valence-corrected chi connectivity index (χ4v) is 14.3. The zero-order valence-corrected chi connectivity index (χ0v) is 24.7. The van der Waals surface area contributed by atoms with Crippen LogP contribution in [-0.2, 0) is 17.1 Å². The van der Waals surface area contributed by atoms with E-state index in [1.807, 2.05) is 0 Å². The Bertz CT molecular complexity index is 726. The van der Waals surface area contributed by atoms with Crippen LogP contribution in [0.25, 0.3) is 0 Å². The van der Waals surface area contributed by atoms with Crippen molar-refractivity contribution in [1.29, 1.82) is 0 Å². The average molecular weight is 524 g/mol. The molecule has 2 aliphatic rings. The molecule has 2 aromatic rings. The van der Waals surface area contributed by atoms with Crippen LogP contribution in [0, 0.1) is 0 Å². The molecule has 0 bridgehead atoms. The number of hydrogen-bond acceptors (Lipinski definition) is 0. The van der Waals surface area contributed by atoms with Crippen LogP contribution in [0.4, 0.5) is 0 Å². The maximum absolute atomic E-state index is 2.45. The number of hydrogen-bond donors (Lipinski definition) is 0. The first-order valence-electron chi connectivity index (χ1n) is 12.9. The van der Waals surface area contributed by atoms with Crippen LogP contribution in [0.15, 0.2) is 60.7 Å². The second-order valence-corrected chi connectivity index (χ2v) is 18.3. The molecule has 0 aromatic heterocycles. The summed E-state index contributed by atoms with van der Waals surface area (Å²) < 4.78 is 0. The Morgan fingerprint density at radius 3 is 1.21 bits per heavy atom. The molecule has 2 aromatic carbocycles. The standard InChI is InChI=1S/C17H19P.C13H27P.Fe/c1-3-9-15(10-4-1)18(17-13-7-8-14-17)16-11-5-2-6-12-16;1-12(2,3)14(13(4,5)6)11-9-7-8-10-11;/h1-6,9-12,17H,7-8,13-14H2;11H,7-10H2,1-6H3;. The number of rotatable bonds is 4. The second kappa shape index (κ2) is 13.2. The first kappa shape index (κ1) is 29.1. The molecule has 0 aliphatic heterocycles. The van der Waals surface area contributed by atoms with Crippen LogP contribution in [-0.4, -0.2) is 21.6 Å². The van der Waals surface area contributed by atoms with Gasteiger partial charge in [-0.1, -0.05) is 136 Å². The molecule has 2 aliphatic carbocycles. The minimum atomic E-state index is -0.152. The monoisotopic (exact) mass is 524 g/mol. The molecule has 0 atom stereocenters. The van der Waals surface area contributed by atoms with Gasteiger partial charge in [0.15, 0.2) is 0 Å². The van der Waals surface area contributed by atoms with Crippen molar-refractivity contribution < 1.29 is 17.1 Å². The molecule has 3 heteroatoms. The Morgan fingerprint density at radius 1 is 0.545 bits per heavy atom. The summed E-state index contributed by atoms with van der Waals surface area (Å²) in [4.78, 5) is 0. The van der Waals surface area contributed by atoms with Gasteiger partial charge >= 0.3 is 0 Å². The van der Waals surface area contributed by atoms with Gasteiger partial charge in [0.05, 0.1) is 0 Å². The van der Waals surface area contributed by atoms with Gasteiger partial charge in [-0.3, -0.25) is 0 Å². The van der Waals surface area contributed by atoms with Gasteiger partial charge in [-0.25, -0.2) is 0 Å². The first-order chi connectivity index (χ1) is 15.2. The van der Waals surface area contributed by atoms with E-state index in [0.717, 1.165) is 11.3 Å². The van der Waals surface area contributed by atoms with Crippen molar-refractivity contribution in [3.8, 4) is 0 Å². The van der Waals surface area contributed by atoms with E-state index in [9.17, 15) is 0 Å². The zero-order valence-electron chi connectivity index (χ0n) is 21.8. The minimum Gasteiger partial charge on any atom is -0.0924 e. The fraction of sp³-hybridized carbons (Fsp3) is 0.600. The average Bonchev–Trinajstić information content (AvgIpc) is 3.43. The van der Waals surface area contributed by atoms with Gasteiger partial charge in [-0.15, -0.1) is 0 Å². The van der Waals surface area contributed by atoms with E-state index >= 15 is 0 Å². The molecular weight excluding hydrogens is 478 g/mol. The largest absolute Gasteiger partial charge is 0.0924 e. The van der Waals surface area contributed by atoms with Crippen molar-refractivity contribution in [3.05, 3.63) is 60.7 Å². The Morgan fingerprint density at radius 2 is 0.879 bits per heavy atom. The summed E-state index contributed by atoms with van der Waals surface area (Å²) in [5.41, 5.74) is 1.94. The Labute approximate surface area is 218 Å². The van der Waals surface area contributed by atoms with Crippen LogP contribution in [0.1, 0.15) is 92.9 Å². The van der Waals surface area contributed by atoms with Crippen LogP contribution in [0.3, 0.4) is 0 Å². The molecule has 0 unspecified atom stereocenters. The quantitative estimate of drug-likeness (QED) is 0.277. The summed E-state index contributed by atoms with van der Waals surface area (Å²) in [5, 5.41) is 4.15. The molecule has 0 amide bonds. The first-order valence-corrected chi connectivity index (χ1v) is 15.7. The predicted octanol–water partition coefficient (Wildman–Crippen LogP) is 9.07. The van der Waals surface area contributed by atoms with E-state index in [2.05, 4.69) is 102 Å². The maximum atomic E-state index is 2.45. The summed E-state index contributed by atoms with van der Waals surface area (Å²) >= 11 is 0. The van der Waals surface area contributed by atoms with Gasteiger partial charge in [-0.05, 0) is 65.8 Å². The molecule has 33 heavy (non-hydrogen) atoms. The Kier molecular flexibility index (Phi) is 11.6. The SMILES string of the molecule is CC(C)(C)P(C1CCCC1)C(C)(C)C.[Fe].c1ccc(P(c2ccccc2)C2CCCC2)cc1. The van der Waals surface area contributed by atoms with E-state index in [1.165, 1.54) is 51.4 Å². The molecule has 0 heterocycles. The Hall–Kier alpha value is -0.181. The normalized spacial score (nSPS) is 17.7. The summed E-state index contributed by atoms with van der Waals surface area (Å²) in [6.45, 7) is 14.7. The fourth-order valence-electron chi connectivity index (χ4n) is 6.17. The summed E-state index contributed by atoms with van der Waals surface area (Å²) in [7, 11) is 0.00412. The van der Waals surface area contributed by atoms with Crippen molar-refractivity contribution in [2.75, 3.05) is 0 Å². The van der Waals surface area contributed by atoms with E-state index in [1.54, 1.807) is 10.6 Å². The molecule has 4 rings (SSSR count). The van der Waals surface area contributed by atoms with Crippen LogP contribution in [0.5, 0.6) is 0 Å². The summed E-state index contributed by atoms with van der Waals surface area (Å²) in [6, 6.07) is 22.2.